The highest BCUT2D eigenvalue weighted by Crippen LogP contribution is 2.31. The molecule has 0 radical (unpaired) electrons. The van der Waals surface area contributed by atoms with Crippen LogP contribution in [0.25, 0.3) is 11.3 Å². The van der Waals surface area contributed by atoms with Gasteiger partial charge in [-0.3, -0.25) is 9.78 Å². The van der Waals surface area contributed by atoms with Crippen molar-refractivity contribution in [2.45, 2.75) is 32.0 Å². The number of benzene rings is 2. The third-order valence-electron chi connectivity index (χ3n) is 6.13. The molecule has 0 bridgehead atoms. The number of pyridine rings is 1. The zero-order valence-corrected chi connectivity index (χ0v) is 18.7. The molecule has 0 saturated carbocycles. The first-order chi connectivity index (χ1) is 16.7. The van der Waals surface area contributed by atoms with E-state index in [-0.39, 0.29) is 17.4 Å². The number of nitrogens with one attached hydrogen (secondary N) is 2. The van der Waals surface area contributed by atoms with E-state index in [1.54, 1.807) is 18.6 Å². The molecule has 2 aromatic carbocycles. The first kappa shape index (κ1) is 21.7. The number of carbonyl (C=O) groups is 1. The van der Waals surface area contributed by atoms with Gasteiger partial charge in [0.2, 0.25) is 0 Å². The van der Waals surface area contributed by atoms with Gasteiger partial charge in [-0.2, -0.15) is 0 Å². The largest absolute Gasteiger partial charge is 0.382 e. The summed E-state index contributed by atoms with van der Waals surface area (Å²) in [6.45, 7) is 1.10. The highest BCUT2D eigenvalue weighted by molar-refractivity contribution is 5.96. The Bertz CT molecular complexity index is 1310. The molecular weight excluding hydrogens is 424 g/mol. The molecule has 0 spiro atoms. The van der Waals surface area contributed by atoms with E-state index in [1.807, 2.05) is 24.3 Å². The molecule has 4 N–H and O–H groups in total. The van der Waals surface area contributed by atoms with Crippen LogP contribution in [0, 0.1) is 0 Å². The van der Waals surface area contributed by atoms with Crippen LogP contribution in [0.15, 0.2) is 79.3 Å². The van der Waals surface area contributed by atoms with Gasteiger partial charge in [0.05, 0.1) is 11.9 Å². The Kier molecular flexibility index (Phi) is 6.27. The molecule has 1 aliphatic rings. The van der Waals surface area contributed by atoms with Crippen molar-refractivity contribution >= 4 is 11.7 Å². The van der Waals surface area contributed by atoms with E-state index < -0.39 is 0 Å². The Labute approximate surface area is 198 Å². The van der Waals surface area contributed by atoms with Crippen molar-refractivity contribution in [2.24, 2.45) is 0 Å². The van der Waals surface area contributed by atoms with E-state index in [4.69, 9.17) is 5.73 Å². The highest BCUT2D eigenvalue weighted by atomic mass is 16.1. The predicted molar refractivity (Wildman–Crippen MR) is 132 cm³/mol. The number of rotatable bonds is 7. The number of carbonyl (C=O) groups excluding carboxylic acids is 1. The molecule has 2 heterocycles. The number of nitrogen functional groups attached to an aromatic ring is 1. The maximum absolute atomic E-state index is 12.7. The Morgan fingerprint density at radius 2 is 1.85 bits per heavy atom. The molecule has 0 fully saturated rings. The second kappa shape index (κ2) is 9.80. The van der Waals surface area contributed by atoms with Crippen molar-refractivity contribution < 1.29 is 4.79 Å². The molecule has 4 aromatic rings. The summed E-state index contributed by atoms with van der Waals surface area (Å²) in [4.78, 5) is 25.5. The summed E-state index contributed by atoms with van der Waals surface area (Å²) in [6.07, 6.45) is 7.20. The lowest BCUT2D eigenvalue weighted by Crippen LogP contribution is -2.25. The van der Waals surface area contributed by atoms with Crippen LogP contribution in [0.1, 0.15) is 45.2 Å². The third-order valence-corrected chi connectivity index (χ3v) is 6.13. The van der Waals surface area contributed by atoms with Crippen molar-refractivity contribution in [3.63, 3.8) is 0 Å². The van der Waals surface area contributed by atoms with Gasteiger partial charge in [-0.25, -0.2) is 9.97 Å². The van der Waals surface area contributed by atoms with Crippen LogP contribution >= 0.6 is 0 Å². The summed E-state index contributed by atoms with van der Waals surface area (Å²) in [5.41, 5.74) is 12.5. The zero-order chi connectivity index (χ0) is 23.3. The van der Waals surface area contributed by atoms with Gasteiger partial charge in [-0.1, -0.05) is 42.5 Å². The highest BCUT2D eigenvalue weighted by Gasteiger charge is 2.21. The molecule has 7 nitrogen and oxygen atoms in total. The van der Waals surface area contributed by atoms with Gasteiger partial charge < -0.3 is 16.4 Å². The summed E-state index contributed by atoms with van der Waals surface area (Å²) in [7, 11) is 0. The Morgan fingerprint density at radius 3 is 2.74 bits per heavy atom. The van der Waals surface area contributed by atoms with Crippen LogP contribution in [0.3, 0.4) is 0 Å². The summed E-state index contributed by atoms with van der Waals surface area (Å²) in [5.74, 6) is -0.255. The maximum atomic E-state index is 12.7. The number of anilines is 1. The molecule has 170 valence electrons. The average Bonchev–Trinajstić information content (AvgIpc) is 3.30. The first-order valence-corrected chi connectivity index (χ1v) is 11.4. The van der Waals surface area contributed by atoms with Crippen molar-refractivity contribution in [1.82, 2.24) is 25.6 Å². The summed E-state index contributed by atoms with van der Waals surface area (Å²) in [6, 6.07) is 20.8. The van der Waals surface area contributed by atoms with Crippen LogP contribution in [0.5, 0.6) is 0 Å². The van der Waals surface area contributed by atoms with Gasteiger partial charge in [0.25, 0.3) is 5.91 Å². The topological polar surface area (TPSA) is 106 Å². The Morgan fingerprint density at radius 1 is 1.00 bits per heavy atom. The van der Waals surface area contributed by atoms with Gasteiger partial charge in [0.1, 0.15) is 0 Å². The molecule has 0 saturated heterocycles. The molecule has 5 rings (SSSR count). The molecule has 2 aromatic heterocycles. The minimum atomic E-state index is -0.360. The van der Waals surface area contributed by atoms with Crippen LogP contribution in [-0.4, -0.2) is 20.9 Å². The fraction of sp³-hybridized carbons (Fsp3) is 0.185. The van der Waals surface area contributed by atoms with Gasteiger partial charge in [-0.15, -0.1) is 0 Å². The zero-order valence-electron chi connectivity index (χ0n) is 18.7. The molecule has 1 atom stereocenters. The second-order valence-electron chi connectivity index (χ2n) is 8.40. The first-order valence-electron chi connectivity index (χ1n) is 11.4. The summed E-state index contributed by atoms with van der Waals surface area (Å²) >= 11 is 0. The lowest BCUT2D eigenvalue weighted by atomic mass is 10.1. The van der Waals surface area contributed by atoms with Gasteiger partial charge in [-0.05, 0) is 53.3 Å². The number of fused-ring (bicyclic) bond motifs is 1. The SMILES string of the molecule is Nc1ncc(-c2cccc(CN[C@H]3CCc4ccccc43)c2)nc1C(=O)NCc1ccncc1. The van der Waals surface area contributed by atoms with E-state index in [9.17, 15) is 4.79 Å². The van der Waals surface area contributed by atoms with Gasteiger partial charge >= 0.3 is 0 Å². The van der Waals surface area contributed by atoms with Crippen LogP contribution < -0.4 is 16.4 Å². The molecule has 0 aliphatic heterocycles. The van der Waals surface area contributed by atoms with Crippen molar-refractivity contribution in [3.8, 4) is 11.3 Å². The maximum Gasteiger partial charge on any atom is 0.274 e. The molecule has 34 heavy (non-hydrogen) atoms. The minimum Gasteiger partial charge on any atom is -0.382 e. The Hall–Kier alpha value is -4.10. The monoisotopic (exact) mass is 450 g/mol. The predicted octanol–water partition coefficient (Wildman–Crippen LogP) is 3.83. The number of amides is 1. The van der Waals surface area contributed by atoms with Crippen LogP contribution in [-0.2, 0) is 19.5 Å². The normalized spacial score (nSPS) is 14.5. The second-order valence-corrected chi connectivity index (χ2v) is 8.40. The number of aryl methyl sites for hydroxylation is 1. The number of nitrogens with two attached hydrogens (primary N) is 1. The van der Waals surface area contributed by atoms with Crippen LogP contribution in [0.2, 0.25) is 0 Å². The van der Waals surface area contributed by atoms with Crippen LogP contribution in [0.4, 0.5) is 5.82 Å². The molecule has 1 aliphatic carbocycles. The minimum absolute atomic E-state index is 0.105. The Balaban J connectivity index is 1.28. The molecular formula is C27H26N6O. The van der Waals surface area contributed by atoms with E-state index >= 15 is 0 Å². The van der Waals surface area contributed by atoms with Crippen molar-refractivity contribution in [1.29, 1.82) is 0 Å². The number of hydrogen-bond acceptors (Lipinski definition) is 6. The number of nitrogens with zero attached hydrogens (tertiary/aromatic N) is 3. The van der Waals surface area contributed by atoms with E-state index in [0.29, 0.717) is 18.3 Å². The molecule has 0 unspecified atom stereocenters. The van der Waals surface area contributed by atoms with E-state index in [0.717, 1.165) is 36.1 Å². The third kappa shape index (κ3) is 4.79. The standard InChI is InChI=1S/C27H26N6O/c28-26-25(27(34)32-15-18-10-12-29-13-11-18)33-24(17-31-26)21-6-3-4-19(14-21)16-30-23-9-8-20-5-1-2-7-22(20)23/h1-7,10-14,17,23,30H,8-9,15-16H2,(H2,28,31)(H,32,34)/t23-/m0/s1. The summed E-state index contributed by atoms with van der Waals surface area (Å²) in [5, 5.41) is 6.53. The fourth-order valence-electron chi connectivity index (χ4n) is 4.32. The van der Waals surface area contributed by atoms with E-state index in [1.165, 1.54) is 11.1 Å². The lowest BCUT2D eigenvalue weighted by molar-refractivity contribution is 0.0946. The number of hydrogen-bond donors (Lipinski definition) is 3. The van der Waals surface area contributed by atoms with Gasteiger partial charge in [0.15, 0.2) is 11.5 Å². The van der Waals surface area contributed by atoms with Gasteiger partial charge in [0, 0.05) is 37.1 Å². The average molecular weight is 451 g/mol. The van der Waals surface area contributed by atoms with Crippen molar-refractivity contribution in [3.05, 3.63) is 107 Å². The smallest absolute Gasteiger partial charge is 0.274 e. The fourth-order valence-corrected chi connectivity index (χ4v) is 4.32. The number of aromatic nitrogens is 3. The lowest BCUT2D eigenvalue weighted by Gasteiger charge is -2.15. The summed E-state index contributed by atoms with van der Waals surface area (Å²) < 4.78 is 0. The molecule has 7 heteroatoms. The molecule has 1 amide bonds. The quantitative estimate of drug-likeness (QED) is 0.395. The van der Waals surface area contributed by atoms with Crippen molar-refractivity contribution in [2.75, 3.05) is 5.73 Å². The van der Waals surface area contributed by atoms with E-state index in [2.05, 4.69) is 62.0 Å².